The standard InChI is InChI=1S/C26H29F3N2O5S/c1-16(27)17(2)30-22-13-18(23(32)15-26(3)9-11-37(34,35)12-10-26)7-8-21(22)31(25(30)33)19-5-4-6-20(14-19)36-24(28)29/h4-8,13-14,16-17,24H,9-12,15H2,1-3H3/t16?,17-/m0/s1. The summed E-state index contributed by atoms with van der Waals surface area (Å²) in [5, 5.41) is 0. The predicted octanol–water partition coefficient (Wildman–Crippen LogP) is 5.10. The summed E-state index contributed by atoms with van der Waals surface area (Å²) in [4.78, 5) is 26.7. The van der Waals surface area contributed by atoms with Crippen molar-refractivity contribution >= 4 is 26.7 Å². The minimum Gasteiger partial charge on any atom is -0.435 e. The van der Waals surface area contributed by atoms with Crippen molar-refractivity contribution in [3.63, 3.8) is 0 Å². The molecule has 200 valence electrons. The predicted molar refractivity (Wildman–Crippen MR) is 134 cm³/mol. The van der Waals surface area contributed by atoms with Crippen molar-refractivity contribution in [1.29, 1.82) is 0 Å². The van der Waals surface area contributed by atoms with Crippen LogP contribution in [0.5, 0.6) is 5.75 Å². The molecule has 37 heavy (non-hydrogen) atoms. The minimum absolute atomic E-state index is 0.0401. The van der Waals surface area contributed by atoms with E-state index in [0.717, 1.165) is 0 Å². The molecule has 0 saturated carbocycles. The number of carbonyl (C=O) groups is 1. The van der Waals surface area contributed by atoms with Gasteiger partial charge in [-0.1, -0.05) is 13.0 Å². The average molecular weight is 539 g/mol. The maximum Gasteiger partial charge on any atom is 0.387 e. The van der Waals surface area contributed by atoms with Crippen molar-refractivity contribution < 1.29 is 31.1 Å². The first-order valence-corrected chi connectivity index (χ1v) is 13.8. The fraction of sp³-hybridized carbons (Fsp3) is 0.462. The van der Waals surface area contributed by atoms with Crippen LogP contribution < -0.4 is 10.4 Å². The van der Waals surface area contributed by atoms with Crippen LogP contribution in [0.2, 0.25) is 0 Å². The highest BCUT2D eigenvalue weighted by atomic mass is 32.2. The number of imidazole rings is 1. The molecule has 1 aliphatic heterocycles. The molecule has 1 aliphatic rings. The summed E-state index contributed by atoms with van der Waals surface area (Å²) in [5.74, 6) is -0.262. The monoisotopic (exact) mass is 538 g/mol. The highest BCUT2D eigenvalue weighted by molar-refractivity contribution is 7.91. The summed E-state index contributed by atoms with van der Waals surface area (Å²) < 4.78 is 70.5. The molecule has 0 amide bonds. The third kappa shape index (κ3) is 5.61. The second-order valence-electron chi connectivity index (χ2n) is 10.0. The van der Waals surface area contributed by atoms with Gasteiger partial charge < -0.3 is 4.74 Å². The molecule has 2 heterocycles. The molecular formula is C26H29F3N2O5S. The fourth-order valence-corrected chi connectivity index (χ4v) is 6.55. The van der Waals surface area contributed by atoms with Gasteiger partial charge in [0.1, 0.15) is 21.8 Å². The van der Waals surface area contributed by atoms with Crippen LogP contribution in [0.3, 0.4) is 0 Å². The highest BCUT2D eigenvalue weighted by Crippen LogP contribution is 2.37. The molecule has 0 radical (unpaired) electrons. The van der Waals surface area contributed by atoms with Crippen LogP contribution in [0.25, 0.3) is 16.7 Å². The number of carbonyl (C=O) groups excluding carboxylic acids is 1. The first-order valence-electron chi connectivity index (χ1n) is 12.0. The van der Waals surface area contributed by atoms with Crippen LogP contribution in [0.1, 0.15) is 56.4 Å². The number of nitrogens with zero attached hydrogens (tertiary/aromatic N) is 2. The van der Waals surface area contributed by atoms with Crippen molar-refractivity contribution in [1.82, 2.24) is 9.13 Å². The molecule has 4 rings (SSSR count). The molecule has 1 unspecified atom stereocenters. The lowest BCUT2D eigenvalue weighted by atomic mass is 9.78. The van der Waals surface area contributed by atoms with Crippen molar-refractivity contribution in [2.75, 3.05) is 11.5 Å². The molecule has 1 fully saturated rings. The molecule has 0 aliphatic carbocycles. The van der Waals surface area contributed by atoms with Gasteiger partial charge in [-0.2, -0.15) is 8.78 Å². The van der Waals surface area contributed by atoms with Crippen molar-refractivity contribution in [3.8, 4) is 11.4 Å². The number of fused-ring (bicyclic) bond motifs is 1. The number of benzene rings is 2. The number of rotatable bonds is 8. The molecule has 0 spiro atoms. The molecule has 7 nitrogen and oxygen atoms in total. The van der Waals surface area contributed by atoms with E-state index in [4.69, 9.17) is 0 Å². The Morgan fingerprint density at radius 1 is 1.05 bits per heavy atom. The maximum atomic E-state index is 14.4. The van der Waals surface area contributed by atoms with Gasteiger partial charge in [0.2, 0.25) is 0 Å². The van der Waals surface area contributed by atoms with E-state index in [1.807, 2.05) is 6.92 Å². The number of halogens is 3. The number of ketones is 1. The van der Waals surface area contributed by atoms with Gasteiger partial charge in [0.25, 0.3) is 0 Å². The van der Waals surface area contributed by atoms with E-state index < -0.39 is 39.8 Å². The van der Waals surface area contributed by atoms with E-state index in [9.17, 15) is 31.2 Å². The molecule has 3 aromatic rings. The number of aromatic nitrogens is 2. The normalized spacial score (nSPS) is 18.6. The Morgan fingerprint density at radius 3 is 2.35 bits per heavy atom. The lowest BCUT2D eigenvalue weighted by molar-refractivity contribution is -0.0498. The Hall–Kier alpha value is -3.08. The van der Waals surface area contributed by atoms with E-state index in [1.54, 1.807) is 25.1 Å². The quantitative estimate of drug-likeness (QED) is 0.373. The zero-order valence-electron chi connectivity index (χ0n) is 20.8. The van der Waals surface area contributed by atoms with Crippen molar-refractivity contribution in [2.45, 2.75) is 58.9 Å². The van der Waals surface area contributed by atoms with E-state index in [-0.39, 0.29) is 35.1 Å². The number of Topliss-reactive ketones (excluding diaryl/α,β-unsaturated/α-hetero) is 1. The summed E-state index contributed by atoms with van der Waals surface area (Å²) in [6.07, 6.45) is -0.482. The van der Waals surface area contributed by atoms with Crippen molar-refractivity contribution in [2.24, 2.45) is 5.41 Å². The molecule has 2 aromatic carbocycles. The Morgan fingerprint density at radius 2 is 1.73 bits per heavy atom. The fourth-order valence-electron chi connectivity index (χ4n) is 4.74. The highest BCUT2D eigenvalue weighted by Gasteiger charge is 2.35. The van der Waals surface area contributed by atoms with Crippen LogP contribution in [0, 0.1) is 5.41 Å². The molecule has 0 bridgehead atoms. The molecule has 1 aromatic heterocycles. The summed E-state index contributed by atoms with van der Waals surface area (Å²) in [7, 11) is -3.08. The third-order valence-corrected chi connectivity index (χ3v) is 8.84. The maximum absolute atomic E-state index is 14.4. The largest absolute Gasteiger partial charge is 0.435 e. The number of hydrogen-bond donors (Lipinski definition) is 0. The zero-order valence-corrected chi connectivity index (χ0v) is 21.6. The Balaban J connectivity index is 1.78. The van der Waals surface area contributed by atoms with E-state index in [1.165, 1.54) is 40.3 Å². The molecule has 0 N–H and O–H groups in total. The number of hydrogen-bond acceptors (Lipinski definition) is 5. The molecular weight excluding hydrogens is 509 g/mol. The zero-order chi connectivity index (χ0) is 27.1. The minimum atomic E-state index is -3.08. The Labute approximate surface area is 212 Å². The van der Waals surface area contributed by atoms with Gasteiger partial charge in [0.15, 0.2) is 5.78 Å². The number of alkyl halides is 3. The van der Waals surface area contributed by atoms with Crippen LogP contribution >= 0.6 is 0 Å². The SMILES string of the molecule is CC(F)[C@H](C)n1c(=O)n(-c2cccc(OC(F)F)c2)c2ccc(C(=O)CC3(C)CCS(=O)(=O)CC3)cc21. The summed E-state index contributed by atoms with van der Waals surface area (Å²) in [5.41, 5.74) is 0.217. The van der Waals surface area contributed by atoms with Crippen LogP contribution in [-0.2, 0) is 9.84 Å². The van der Waals surface area contributed by atoms with E-state index in [0.29, 0.717) is 29.4 Å². The molecule has 1 saturated heterocycles. The van der Waals surface area contributed by atoms with Gasteiger partial charge >= 0.3 is 12.3 Å². The van der Waals surface area contributed by atoms with Gasteiger partial charge in [0.05, 0.1) is 34.3 Å². The van der Waals surface area contributed by atoms with Gasteiger partial charge in [-0.15, -0.1) is 0 Å². The van der Waals surface area contributed by atoms with Crippen molar-refractivity contribution in [3.05, 3.63) is 58.5 Å². The molecule has 2 atom stereocenters. The van der Waals surface area contributed by atoms with Gasteiger partial charge in [-0.25, -0.2) is 17.6 Å². The summed E-state index contributed by atoms with van der Waals surface area (Å²) in [6, 6.07) is 9.44. The van der Waals surface area contributed by atoms with E-state index in [2.05, 4.69) is 4.74 Å². The van der Waals surface area contributed by atoms with Gasteiger partial charge in [-0.05, 0) is 62.4 Å². The second kappa shape index (κ2) is 10.00. The first kappa shape index (κ1) is 27.0. The topological polar surface area (TPSA) is 87.4 Å². The van der Waals surface area contributed by atoms with Crippen LogP contribution in [-0.4, -0.2) is 47.6 Å². The Bertz CT molecular complexity index is 1480. The third-order valence-electron chi connectivity index (χ3n) is 7.19. The lowest BCUT2D eigenvalue weighted by Gasteiger charge is -2.32. The van der Waals surface area contributed by atoms with Crippen LogP contribution in [0.15, 0.2) is 47.3 Å². The van der Waals surface area contributed by atoms with E-state index >= 15 is 0 Å². The first-order chi connectivity index (χ1) is 17.3. The smallest absolute Gasteiger partial charge is 0.387 e. The second-order valence-corrected chi connectivity index (χ2v) is 12.4. The van der Waals surface area contributed by atoms with Gasteiger partial charge in [-0.3, -0.25) is 13.9 Å². The van der Waals surface area contributed by atoms with Gasteiger partial charge in [0, 0.05) is 18.1 Å². The molecule has 11 heteroatoms. The van der Waals surface area contributed by atoms with Crippen LogP contribution in [0.4, 0.5) is 13.2 Å². The number of ether oxygens (including phenoxy) is 1. The number of sulfone groups is 1. The Kier molecular flexibility index (Phi) is 7.29. The lowest BCUT2D eigenvalue weighted by Crippen LogP contribution is -2.33. The summed E-state index contributed by atoms with van der Waals surface area (Å²) in [6.45, 7) is 1.72. The summed E-state index contributed by atoms with van der Waals surface area (Å²) >= 11 is 0. The average Bonchev–Trinajstić information content (AvgIpc) is 3.11.